The molecule has 0 radical (unpaired) electrons. The summed E-state index contributed by atoms with van der Waals surface area (Å²) in [5.41, 5.74) is 1.44. The maximum Gasteiger partial charge on any atom is 0.254 e. The van der Waals surface area contributed by atoms with E-state index in [4.69, 9.17) is 9.47 Å². The molecule has 3 heterocycles. The number of rotatable bonds is 3. The third-order valence-electron chi connectivity index (χ3n) is 7.99. The molecule has 2 bridgehead atoms. The lowest BCUT2D eigenvalue weighted by Gasteiger charge is -2.40. The normalized spacial score (nSPS) is 22.8. The van der Waals surface area contributed by atoms with Gasteiger partial charge in [0.2, 0.25) is 11.8 Å². The van der Waals surface area contributed by atoms with Crippen molar-refractivity contribution >= 4 is 17.7 Å². The van der Waals surface area contributed by atoms with Crippen molar-refractivity contribution in [3.05, 3.63) is 65.7 Å². The molecule has 0 N–H and O–H groups in total. The van der Waals surface area contributed by atoms with Crippen LogP contribution < -0.4 is 4.74 Å². The van der Waals surface area contributed by atoms with E-state index in [0.29, 0.717) is 64.5 Å². The van der Waals surface area contributed by atoms with Crippen LogP contribution in [0, 0.1) is 11.8 Å². The molecule has 0 spiro atoms. The van der Waals surface area contributed by atoms with E-state index in [2.05, 4.69) is 0 Å². The van der Waals surface area contributed by atoms with Crippen molar-refractivity contribution in [2.45, 2.75) is 32.2 Å². The maximum atomic E-state index is 13.6. The van der Waals surface area contributed by atoms with Crippen LogP contribution in [0.3, 0.4) is 0 Å². The van der Waals surface area contributed by atoms with Crippen LogP contribution in [-0.4, -0.2) is 85.0 Å². The molecule has 2 aromatic carbocycles. The maximum absolute atomic E-state index is 13.6. The molecule has 2 fully saturated rings. The lowest BCUT2D eigenvalue weighted by atomic mass is 9.80. The number of benzene rings is 2. The van der Waals surface area contributed by atoms with Gasteiger partial charge >= 0.3 is 0 Å². The van der Waals surface area contributed by atoms with E-state index in [9.17, 15) is 14.4 Å². The predicted octanol–water partition coefficient (Wildman–Crippen LogP) is 3.22. The second kappa shape index (κ2) is 12.4. The summed E-state index contributed by atoms with van der Waals surface area (Å²) in [4.78, 5) is 45.5. The fourth-order valence-electron chi connectivity index (χ4n) is 5.80. The Labute approximate surface area is 224 Å². The largest absolute Gasteiger partial charge is 0.493 e. The molecule has 202 valence electrons. The number of nitrogens with zero attached hydrogens (tertiary/aromatic N) is 3. The van der Waals surface area contributed by atoms with Crippen molar-refractivity contribution in [1.82, 2.24) is 14.7 Å². The van der Waals surface area contributed by atoms with Gasteiger partial charge in [-0.3, -0.25) is 14.4 Å². The van der Waals surface area contributed by atoms with Gasteiger partial charge in [-0.05, 0) is 49.3 Å². The Bertz CT molecular complexity index is 1120. The van der Waals surface area contributed by atoms with Crippen LogP contribution in [0.15, 0.2) is 54.6 Å². The van der Waals surface area contributed by atoms with Gasteiger partial charge < -0.3 is 24.2 Å². The van der Waals surface area contributed by atoms with Crippen LogP contribution in [0.1, 0.15) is 41.6 Å². The smallest absolute Gasteiger partial charge is 0.254 e. The van der Waals surface area contributed by atoms with Crippen molar-refractivity contribution in [3.8, 4) is 5.75 Å². The van der Waals surface area contributed by atoms with Crippen LogP contribution >= 0.6 is 0 Å². The summed E-state index contributed by atoms with van der Waals surface area (Å²) >= 11 is 0. The predicted molar refractivity (Wildman–Crippen MR) is 143 cm³/mol. The first-order chi connectivity index (χ1) is 18.6. The highest BCUT2D eigenvalue weighted by atomic mass is 16.5. The Hall–Kier alpha value is -3.39. The van der Waals surface area contributed by atoms with Crippen molar-refractivity contribution in [2.24, 2.45) is 11.8 Å². The molecular weight excluding hydrogens is 482 g/mol. The molecule has 3 aliphatic rings. The van der Waals surface area contributed by atoms with Crippen LogP contribution in [0.2, 0.25) is 0 Å². The minimum absolute atomic E-state index is 0.00611. The van der Waals surface area contributed by atoms with Crippen molar-refractivity contribution < 1.29 is 23.9 Å². The molecule has 0 unspecified atom stereocenters. The summed E-state index contributed by atoms with van der Waals surface area (Å²) in [5, 5.41) is 0. The molecule has 8 nitrogen and oxygen atoms in total. The molecule has 5 rings (SSSR count). The van der Waals surface area contributed by atoms with Crippen LogP contribution in [0.4, 0.5) is 0 Å². The summed E-state index contributed by atoms with van der Waals surface area (Å²) in [7, 11) is 0. The Morgan fingerprint density at radius 1 is 0.842 bits per heavy atom. The Morgan fingerprint density at radius 2 is 1.61 bits per heavy atom. The van der Waals surface area contributed by atoms with Crippen LogP contribution in [-0.2, 0) is 20.9 Å². The molecule has 2 saturated heterocycles. The fourth-order valence-corrected chi connectivity index (χ4v) is 5.80. The average molecular weight is 520 g/mol. The second-order valence-corrected chi connectivity index (χ2v) is 10.5. The molecule has 0 saturated carbocycles. The lowest BCUT2D eigenvalue weighted by Crippen LogP contribution is -2.49. The topological polar surface area (TPSA) is 79.4 Å². The number of carbonyl (C=O) groups excluding carboxylic acids is 3. The Morgan fingerprint density at radius 3 is 2.42 bits per heavy atom. The summed E-state index contributed by atoms with van der Waals surface area (Å²) < 4.78 is 11.6. The van der Waals surface area contributed by atoms with Gasteiger partial charge in [-0.1, -0.05) is 36.4 Å². The van der Waals surface area contributed by atoms with Crippen LogP contribution in [0.5, 0.6) is 5.75 Å². The van der Waals surface area contributed by atoms with Crippen molar-refractivity contribution in [3.63, 3.8) is 0 Å². The number of amides is 3. The van der Waals surface area contributed by atoms with E-state index < -0.39 is 0 Å². The number of fused-ring (bicyclic) bond motifs is 3. The first-order valence-electron chi connectivity index (χ1n) is 13.8. The van der Waals surface area contributed by atoms with Gasteiger partial charge in [0, 0.05) is 43.7 Å². The average Bonchev–Trinajstić information content (AvgIpc) is 2.97. The van der Waals surface area contributed by atoms with E-state index in [1.165, 1.54) is 0 Å². The highest BCUT2D eigenvalue weighted by Crippen LogP contribution is 2.32. The van der Waals surface area contributed by atoms with Gasteiger partial charge in [0.15, 0.2) is 0 Å². The van der Waals surface area contributed by atoms with E-state index in [1.807, 2.05) is 52.3 Å². The van der Waals surface area contributed by atoms with Gasteiger partial charge in [0.05, 0.1) is 26.4 Å². The Kier molecular flexibility index (Phi) is 8.58. The molecule has 0 aromatic heterocycles. The van der Waals surface area contributed by atoms with Gasteiger partial charge in [-0.15, -0.1) is 0 Å². The number of morpholine rings is 1. The summed E-state index contributed by atoms with van der Waals surface area (Å²) in [6, 6.07) is 16.8. The number of hydrogen-bond acceptors (Lipinski definition) is 5. The molecule has 38 heavy (non-hydrogen) atoms. The number of piperidine rings is 1. The minimum Gasteiger partial charge on any atom is -0.493 e. The molecule has 2 aromatic rings. The fraction of sp³-hybridized carbons (Fsp3) is 0.500. The van der Waals surface area contributed by atoms with E-state index in [0.717, 1.165) is 30.6 Å². The number of para-hydroxylation sites is 1. The van der Waals surface area contributed by atoms with E-state index in [-0.39, 0.29) is 36.1 Å². The zero-order valence-corrected chi connectivity index (χ0v) is 21.9. The van der Waals surface area contributed by atoms with E-state index >= 15 is 0 Å². The van der Waals surface area contributed by atoms with Crippen molar-refractivity contribution in [1.29, 1.82) is 0 Å². The van der Waals surface area contributed by atoms with Gasteiger partial charge in [0.25, 0.3) is 5.91 Å². The molecular formula is C30H37N3O5. The highest BCUT2D eigenvalue weighted by molar-refractivity contribution is 5.96. The lowest BCUT2D eigenvalue weighted by molar-refractivity contribution is -0.138. The van der Waals surface area contributed by atoms with E-state index in [1.54, 1.807) is 17.0 Å². The Balaban J connectivity index is 1.35. The second-order valence-electron chi connectivity index (χ2n) is 10.5. The van der Waals surface area contributed by atoms with Gasteiger partial charge in [-0.2, -0.15) is 0 Å². The van der Waals surface area contributed by atoms with Crippen molar-refractivity contribution in [2.75, 3.05) is 52.5 Å². The first kappa shape index (κ1) is 26.2. The third kappa shape index (κ3) is 6.35. The standard InChI is InChI=1S/C30H37N3O5/c34-28(31-14-17-37-18-15-31)19-24-12-13-32-20-25(24)10-6-16-38-27-11-5-4-9-26(27)21-33(22-29(32)35)30(36)23-7-2-1-3-8-23/h1-5,7-9,11,24-25H,6,10,12-22H2/t24-,25-/m0/s1. The first-order valence-corrected chi connectivity index (χ1v) is 13.8. The molecule has 0 aliphatic carbocycles. The number of ether oxygens (including phenoxy) is 2. The SMILES string of the molecule is O=C(C[C@@H]1CCN2C[C@@H]1CCCOc1ccccc1CN(C(=O)c1ccccc1)CC2=O)N1CCOCC1. The number of hydrogen-bond donors (Lipinski definition) is 0. The molecule has 2 atom stereocenters. The summed E-state index contributed by atoms with van der Waals surface area (Å²) in [5.74, 6) is 1.16. The monoisotopic (exact) mass is 519 g/mol. The minimum atomic E-state index is -0.175. The molecule has 3 aliphatic heterocycles. The van der Waals surface area contributed by atoms with Gasteiger partial charge in [-0.25, -0.2) is 0 Å². The van der Waals surface area contributed by atoms with Gasteiger partial charge in [0.1, 0.15) is 12.3 Å². The summed E-state index contributed by atoms with van der Waals surface area (Å²) in [6.45, 7) is 4.57. The zero-order chi connectivity index (χ0) is 26.3. The zero-order valence-electron chi connectivity index (χ0n) is 21.9. The third-order valence-corrected chi connectivity index (χ3v) is 7.99. The summed E-state index contributed by atoms with van der Waals surface area (Å²) in [6.07, 6.45) is 3.03. The molecule has 3 amide bonds. The van der Waals surface area contributed by atoms with Crippen LogP contribution in [0.25, 0.3) is 0 Å². The number of carbonyl (C=O) groups is 3. The molecule has 8 heteroatoms. The highest BCUT2D eigenvalue weighted by Gasteiger charge is 2.35. The quantitative estimate of drug-likeness (QED) is 0.622.